The van der Waals surface area contributed by atoms with Crippen LogP contribution in [-0.2, 0) is 6.42 Å². The van der Waals surface area contributed by atoms with Crippen LogP contribution in [0.15, 0.2) is 24.3 Å². The third kappa shape index (κ3) is 1.53. The lowest BCUT2D eigenvalue weighted by Crippen LogP contribution is -2.03. The van der Waals surface area contributed by atoms with Crippen molar-refractivity contribution in [3.05, 3.63) is 47.6 Å². The molecule has 3 rings (SSSR count). The summed E-state index contributed by atoms with van der Waals surface area (Å²) in [6.45, 7) is 1.95. The molecule has 1 aliphatic rings. The van der Waals surface area contributed by atoms with Crippen LogP contribution in [0.4, 0.5) is 0 Å². The number of rotatable bonds is 1. The fourth-order valence-corrected chi connectivity index (χ4v) is 2.06. The van der Waals surface area contributed by atoms with E-state index in [1.807, 2.05) is 31.2 Å². The fraction of sp³-hybridized carbons (Fsp3) is 0.231. The Labute approximate surface area is 99.6 Å². The third-order valence-electron chi connectivity index (χ3n) is 2.88. The monoisotopic (exact) mass is 226 g/mol. The zero-order valence-electron chi connectivity index (χ0n) is 9.77. The van der Waals surface area contributed by atoms with Crippen molar-refractivity contribution in [3.63, 3.8) is 0 Å². The standard InChI is InChI=1S/C13H12N3O/c1-9-14-15-13-5-3-4-10-8-11(17-2)6-7-12(10)16(9)13/h3,6-8H,5H2,1-2H3. The van der Waals surface area contributed by atoms with E-state index in [1.54, 1.807) is 7.11 Å². The summed E-state index contributed by atoms with van der Waals surface area (Å²) >= 11 is 0. The number of hydrogen-bond donors (Lipinski definition) is 0. The van der Waals surface area contributed by atoms with Gasteiger partial charge in [0.25, 0.3) is 0 Å². The minimum Gasteiger partial charge on any atom is -0.497 e. The van der Waals surface area contributed by atoms with Crippen LogP contribution >= 0.6 is 0 Å². The van der Waals surface area contributed by atoms with Gasteiger partial charge in [-0.1, -0.05) is 6.08 Å². The van der Waals surface area contributed by atoms with E-state index in [4.69, 9.17) is 4.74 Å². The van der Waals surface area contributed by atoms with Crippen molar-refractivity contribution in [3.8, 4) is 11.4 Å². The average Bonchev–Trinajstić information content (AvgIpc) is 2.61. The van der Waals surface area contributed by atoms with E-state index in [-0.39, 0.29) is 0 Å². The van der Waals surface area contributed by atoms with Gasteiger partial charge in [0.2, 0.25) is 0 Å². The highest BCUT2D eigenvalue weighted by Crippen LogP contribution is 2.25. The Hall–Kier alpha value is -2.10. The highest BCUT2D eigenvalue weighted by molar-refractivity contribution is 5.51. The van der Waals surface area contributed by atoms with E-state index in [9.17, 15) is 0 Å². The fourth-order valence-electron chi connectivity index (χ4n) is 2.06. The lowest BCUT2D eigenvalue weighted by molar-refractivity contribution is 0.414. The molecule has 4 heteroatoms. The molecule has 2 aromatic rings. The zero-order chi connectivity index (χ0) is 11.8. The van der Waals surface area contributed by atoms with Gasteiger partial charge >= 0.3 is 0 Å². The van der Waals surface area contributed by atoms with Gasteiger partial charge in [0, 0.05) is 12.0 Å². The number of hydrogen-bond acceptors (Lipinski definition) is 3. The van der Waals surface area contributed by atoms with Crippen LogP contribution in [0.25, 0.3) is 5.69 Å². The molecule has 85 valence electrons. The van der Waals surface area contributed by atoms with E-state index >= 15 is 0 Å². The quantitative estimate of drug-likeness (QED) is 0.745. The van der Waals surface area contributed by atoms with Crippen LogP contribution in [-0.4, -0.2) is 21.9 Å². The second-order valence-electron chi connectivity index (χ2n) is 3.93. The number of nitrogens with zero attached hydrogens (tertiary/aromatic N) is 3. The molecule has 0 fully saturated rings. The van der Waals surface area contributed by atoms with Gasteiger partial charge < -0.3 is 4.74 Å². The maximum atomic E-state index is 5.23. The minimum absolute atomic E-state index is 0.748. The Morgan fingerprint density at radius 2 is 2.24 bits per heavy atom. The molecule has 1 aromatic carbocycles. The van der Waals surface area contributed by atoms with Gasteiger partial charge in [-0.25, -0.2) is 0 Å². The van der Waals surface area contributed by atoms with Crippen molar-refractivity contribution in [1.29, 1.82) is 0 Å². The molecular weight excluding hydrogens is 214 g/mol. The smallest absolute Gasteiger partial charge is 0.141 e. The summed E-state index contributed by atoms with van der Waals surface area (Å²) in [4.78, 5) is 0. The Morgan fingerprint density at radius 3 is 3.06 bits per heavy atom. The molecular formula is C13H12N3O. The molecule has 0 saturated carbocycles. The molecule has 0 N–H and O–H groups in total. The second-order valence-corrected chi connectivity index (χ2v) is 3.93. The summed E-state index contributed by atoms with van der Waals surface area (Å²) in [6, 6.07) is 5.93. The Bertz CT molecular complexity index is 599. The van der Waals surface area contributed by atoms with Crippen LogP contribution in [0, 0.1) is 13.0 Å². The van der Waals surface area contributed by atoms with Gasteiger partial charge in [0.05, 0.1) is 12.8 Å². The first kappa shape index (κ1) is 10.1. The van der Waals surface area contributed by atoms with E-state index in [1.165, 1.54) is 0 Å². The molecule has 0 bridgehead atoms. The lowest BCUT2D eigenvalue weighted by Gasteiger charge is -2.10. The molecule has 0 spiro atoms. The summed E-state index contributed by atoms with van der Waals surface area (Å²) in [5, 5.41) is 8.28. The number of fused-ring (bicyclic) bond motifs is 3. The number of allylic oxidation sites excluding steroid dienone is 1. The molecule has 1 aliphatic heterocycles. The Kier molecular flexibility index (Phi) is 2.21. The molecule has 0 atom stereocenters. The minimum atomic E-state index is 0.748. The van der Waals surface area contributed by atoms with E-state index in [0.717, 1.165) is 35.1 Å². The van der Waals surface area contributed by atoms with Crippen molar-refractivity contribution in [1.82, 2.24) is 14.8 Å². The topological polar surface area (TPSA) is 39.9 Å². The van der Waals surface area contributed by atoms with Crippen LogP contribution in [0.2, 0.25) is 0 Å². The van der Waals surface area contributed by atoms with Gasteiger partial charge in [-0.15, -0.1) is 10.2 Å². The van der Waals surface area contributed by atoms with Gasteiger partial charge in [-0.2, -0.15) is 0 Å². The van der Waals surface area contributed by atoms with Gasteiger partial charge in [-0.3, -0.25) is 4.57 Å². The summed E-state index contributed by atoms with van der Waals surface area (Å²) in [5.74, 6) is 2.67. The SMILES string of the molecule is COc1ccc2c(c1)[C]=CCc1nnc(C)n1-2. The molecule has 4 nitrogen and oxygen atoms in total. The van der Waals surface area contributed by atoms with E-state index < -0.39 is 0 Å². The number of ether oxygens (including phenoxy) is 1. The van der Waals surface area contributed by atoms with Crippen molar-refractivity contribution in [2.45, 2.75) is 13.3 Å². The summed E-state index contributed by atoms with van der Waals surface area (Å²) in [7, 11) is 1.66. The largest absolute Gasteiger partial charge is 0.497 e. The molecule has 0 saturated heterocycles. The van der Waals surface area contributed by atoms with Crippen molar-refractivity contribution in [2.75, 3.05) is 7.11 Å². The molecule has 0 unspecified atom stereocenters. The van der Waals surface area contributed by atoms with Crippen LogP contribution < -0.4 is 4.74 Å². The van der Waals surface area contributed by atoms with E-state index in [0.29, 0.717) is 0 Å². The average molecular weight is 226 g/mol. The van der Waals surface area contributed by atoms with Crippen molar-refractivity contribution >= 4 is 0 Å². The first-order chi connectivity index (χ1) is 8.29. The first-order valence-electron chi connectivity index (χ1n) is 5.47. The van der Waals surface area contributed by atoms with Crippen molar-refractivity contribution < 1.29 is 4.74 Å². The predicted molar refractivity (Wildman–Crippen MR) is 63.3 cm³/mol. The normalized spacial score (nSPS) is 12.8. The van der Waals surface area contributed by atoms with Gasteiger partial charge in [-0.05, 0) is 31.2 Å². The van der Waals surface area contributed by atoms with E-state index in [2.05, 4.69) is 20.8 Å². The van der Waals surface area contributed by atoms with Gasteiger partial charge in [0.1, 0.15) is 17.4 Å². The molecule has 2 heterocycles. The van der Waals surface area contributed by atoms with Crippen LogP contribution in [0.3, 0.4) is 0 Å². The highest BCUT2D eigenvalue weighted by Gasteiger charge is 2.15. The molecule has 1 aromatic heterocycles. The number of benzene rings is 1. The van der Waals surface area contributed by atoms with Gasteiger partial charge in [0.15, 0.2) is 0 Å². The molecule has 17 heavy (non-hydrogen) atoms. The van der Waals surface area contributed by atoms with Crippen LogP contribution in [0.5, 0.6) is 5.75 Å². The summed E-state index contributed by atoms with van der Waals surface area (Å²) in [5.41, 5.74) is 2.06. The third-order valence-corrected chi connectivity index (χ3v) is 2.88. The predicted octanol–water partition coefficient (Wildman–Crippen LogP) is 1.85. The highest BCUT2D eigenvalue weighted by atomic mass is 16.5. The maximum absolute atomic E-state index is 5.23. The summed E-state index contributed by atoms with van der Waals surface area (Å²) < 4.78 is 7.29. The number of methoxy groups -OCH3 is 1. The Morgan fingerprint density at radius 1 is 1.35 bits per heavy atom. The zero-order valence-corrected chi connectivity index (χ0v) is 9.77. The lowest BCUT2D eigenvalue weighted by atomic mass is 10.1. The maximum Gasteiger partial charge on any atom is 0.141 e. The van der Waals surface area contributed by atoms with Crippen molar-refractivity contribution in [2.24, 2.45) is 0 Å². The number of aromatic nitrogens is 3. The van der Waals surface area contributed by atoms with Crippen LogP contribution in [0.1, 0.15) is 17.2 Å². The molecule has 0 aliphatic carbocycles. The first-order valence-corrected chi connectivity index (χ1v) is 5.47. The number of aryl methyl sites for hydroxylation is 1. The summed E-state index contributed by atoms with van der Waals surface area (Å²) in [6.07, 6.45) is 5.99. The second kappa shape index (κ2) is 3.73. The molecule has 1 radical (unpaired) electrons. The Balaban J connectivity index is 2.27. The molecule has 0 amide bonds.